The van der Waals surface area contributed by atoms with E-state index in [2.05, 4.69) is 0 Å². The molecule has 3 N–H and O–H groups in total. The van der Waals surface area contributed by atoms with E-state index in [1.165, 1.54) is 40.0 Å². The minimum absolute atomic E-state index is 0.130. The lowest BCUT2D eigenvalue weighted by atomic mass is 9.79. The third kappa shape index (κ3) is 3.42. The molecule has 0 saturated carbocycles. The zero-order chi connectivity index (χ0) is 21.5. The number of amides is 1. The molecule has 2 atom stereocenters. The molecular weight excluding hydrogens is 390 g/mol. The second-order valence-electron chi connectivity index (χ2n) is 7.32. The zero-order valence-corrected chi connectivity index (χ0v) is 17.0. The molecule has 1 heterocycles. The summed E-state index contributed by atoms with van der Waals surface area (Å²) in [4.78, 5) is 26.5. The average molecular weight is 413 g/mol. The number of carbonyl (C=O) groups is 2. The molecule has 0 radical (unpaired) electrons. The number of hydrogen-bond acceptors (Lipinski definition) is 8. The summed E-state index contributed by atoms with van der Waals surface area (Å²) in [7, 11) is -3.17. The summed E-state index contributed by atoms with van der Waals surface area (Å²) in [6, 6.07) is 7.71. The van der Waals surface area contributed by atoms with Gasteiger partial charge in [-0.3, -0.25) is 10.3 Å². The smallest absolute Gasteiger partial charge is 0.414 e. The molecule has 0 aromatic heterocycles. The van der Waals surface area contributed by atoms with Crippen LogP contribution in [0.1, 0.15) is 26.3 Å². The van der Waals surface area contributed by atoms with Gasteiger partial charge < -0.3 is 15.2 Å². The van der Waals surface area contributed by atoms with Crippen molar-refractivity contribution in [1.29, 1.82) is 5.41 Å². The highest BCUT2D eigenvalue weighted by atomic mass is 32.2. The van der Waals surface area contributed by atoms with Crippen LogP contribution in [0.4, 0.5) is 4.79 Å². The Kier molecular flexibility index (Phi) is 5.21. The predicted octanol–water partition coefficient (Wildman–Crippen LogP) is 0.914. The molecular formula is C17H23N3O7S. The van der Waals surface area contributed by atoms with Gasteiger partial charge in [0.15, 0.2) is 0 Å². The fraction of sp³-hybridized carbons (Fsp3) is 0.471. The van der Waals surface area contributed by atoms with Crippen LogP contribution in [-0.2, 0) is 34.1 Å². The van der Waals surface area contributed by atoms with Crippen molar-refractivity contribution in [2.24, 2.45) is 5.73 Å². The van der Waals surface area contributed by atoms with E-state index in [4.69, 9.17) is 24.8 Å². The van der Waals surface area contributed by atoms with Crippen LogP contribution in [0.15, 0.2) is 30.3 Å². The molecule has 11 heteroatoms. The van der Waals surface area contributed by atoms with E-state index in [-0.39, 0.29) is 5.56 Å². The standard InChI is InChI=1S/C17H23N3O7S/c1-15(2,3)25-13(21)17(27-28(5,23)24)16(12(18)19,20(4)14(22)26-17)11-9-7-6-8-10-11/h6-10H,1-5H3,(H3,18,19). The fourth-order valence-corrected chi connectivity index (χ4v) is 3.71. The maximum atomic E-state index is 13.2. The average Bonchev–Trinajstić information content (AvgIpc) is 2.74. The molecule has 10 nitrogen and oxygen atoms in total. The lowest BCUT2D eigenvalue weighted by molar-refractivity contribution is -0.213. The van der Waals surface area contributed by atoms with Crippen LogP contribution < -0.4 is 5.73 Å². The molecule has 154 valence electrons. The number of ether oxygens (including phenoxy) is 2. The number of cyclic esters (lactones) is 1. The Morgan fingerprint density at radius 3 is 2.21 bits per heavy atom. The van der Waals surface area contributed by atoms with Crippen LogP contribution in [0.5, 0.6) is 0 Å². The first kappa shape index (κ1) is 21.6. The lowest BCUT2D eigenvalue weighted by Crippen LogP contribution is -2.67. The topological polar surface area (TPSA) is 149 Å². The number of esters is 1. The molecule has 0 spiro atoms. The van der Waals surface area contributed by atoms with Crippen LogP contribution in [0.3, 0.4) is 0 Å². The first-order valence-electron chi connectivity index (χ1n) is 8.18. The second kappa shape index (κ2) is 6.74. The molecule has 1 fully saturated rings. The summed E-state index contributed by atoms with van der Waals surface area (Å²) >= 11 is 0. The summed E-state index contributed by atoms with van der Waals surface area (Å²) in [5.74, 6) is -4.96. The lowest BCUT2D eigenvalue weighted by Gasteiger charge is -2.42. The van der Waals surface area contributed by atoms with Crippen molar-refractivity contribution in [2.45, 2.75) is 37.7 Å². The third-order valence-corrected chi connectivity index (χ3v) is 4.54. The summed E-state index contributed by atoms with van der Waals surface area (Å²) in [5, 5.41) is 8.21. The maximum absolute atomic E-state index is 13.2. The number of carbonyl (C=O) groups excluding carboxylic acids is 2. The number of rotatable bonds is 5. The molecule has 1 aromatic rings. The molecule has 0 bridgehead atoms. The number of benzene rings is 1. The van der Waals surface area contributed by atoms with E-state index in [9.17, 15) is 18.0 Å². The van der Waals surface area contributed by atoms with E-state index in [1.807, 2.05) is 0 Å². The highest BCUT2D eigenvalue weighted by Gasteiger charge is 2.75. The summed E-state index contributed by atoms with van der Waals surface area (Å²) in [5.41, 5.74) is 2.66. The van der Waals surface area contributed by atoms with Gasteiger partial charge in [0.1, 0.15) is 11.4 Å². The quantitative estimate of drug-likeness (QED) is 0.313. The largest absolute Gasteiger partial charge is 0.455 e. The Balaban J connectivity index is 2.91. The Hall–Kier alpha value is -2.66. The Bertz CT molecular complexity index is 910. The van der Waals surface area contributed by atoms with Crippen LogP contribution in [-0.4, -0.2) is 55.9 Å². The van der Waals surface area contributed by atoms with Crippen molar-refractivity contribution in [2.75, 3.05) is 13.3 Å². The van der Waals surface area contributed by atoms with Gasteiger partial charge in [0.2, 0.25) is 5.54 Å². The van der Waals surface area contributed by atoms with Crippen LogP contribution in [0.2, 0.25) is 0 Å². The maximum Gasteiger partial charge on any atom is 0.414 e. The molecule has 1 saturated heterocycles. The molecule has 1 aliphatic rings. The van der Waals surface area contributed by atoms with Crippen molar-refractivity contribution in [3.8, 4) is 0 Å². The van der Waals surface area contributed by atoms with Crippen molar-refractivity contribution < 1.29 is 31.7 Å². The van der Waals surface area contributed by atoms with Gasteiger partial charge in [-0.15, -0.1) is 0 Å². The molecule has 2 unspecified atom stereocenters. The van der Waals surface area contributed by atoms with Crippen LogP contribution in [0.25, 0.3) is 0 Å². The van der Waals surface area contributed by atoms with Gasteiger partial charge in [-0.1, -0.05) is 30.3 Å². The normalized spacial score (nSPS) is 25.3. The van der Waals surface area contributed by atoms with Crippen molar-refractivity contribution in [3.05, 3.63) is 35.9 Å². The summed E-state index contributed by atoms with van der Waals surface area (Å²) in [6.45, 7) is 4.62. The van der Waals surface area contributed by atoms with Gasteiger partial charge >= 0.3 is 17.8 Å². The number of nitrogens with two attached hydrogens (primary N) is 1. The summed E-state index contributed by atoms with van der Waals surface area (Å²) in [6.07, 6.45) is -0.435. The number of nitrogens with zero attached hydrogens (tertiary/aromatic N) is 1. The Labute approximate surface area is 163 Å². The van der Waals surface area contributed by atoms with Crippen molar-refractivity contribution >= 4 is 28.0 Å². The Morgan fingerprint density at radius 2 is 1.79 bits per heavy atom. The zero-order valence-electron chi connectivity index (χ0n) is 16.2. The fourth-order valence-electron chi connectivity index (χ4n) is 3.06. The third-order valence-electron chi connectivity index (χ3n) is 4.00. The number of likely N-dealkylation sites (N-methyl/N-ethyl adjacent to an activating group) is 1. The van der Waals surface area contributed by atoms with E-state index in [0.29, 0.717) is 6.26 Å². The van der Waals surface area contributed by atoms with Crippen LogP contribution in [0, 0.1) is 5.41 Å². The highest BCUT2D eigenvalue weighted by Crippen LogP contribution is 2.49. The molecule has 1 amide bonds. The number of amidine groups is 1. The number of nitrogens with one attached hydrogen (secondary N) is 1. The van der Waals surface area contributed by atoms with Gasteiger partial charge in [0.05, 0.1) is 6.26 Å². The van der Waals surface area contributed by atoms with E-state index < -0.39 is 44.9 Å². The van der Waals surface area contributed by atoms with Gasteiger partial charge in [-0.05, 0) is 26.3 Å². The predicted molar refractivity (Wildman–Crippen MR) is 98.8 cm³/mol. The van der Waals surface area contributed by atoms with E-state index in [1.54, 1.807) is 18.2 Å². The van der Waals surface area contributed by atoms with E-state index in [0.717, 1.165) is 4.90 Å². The molecule has 0 aliphatic carbocycles. The van der Waals surface area contributed by atoms with E-state index >= 15 is 0 Å². The molecule has 1 aromatic carbocycles. The Morgan fingerprint density at radius 1 is 1.25 bits per heavy atom. The van der Waals surface area contributed by atoms with Crippen molar-refractivity contribution in [1.82, 2.24) is 4.90 Å². The summed E-state index contributed by atoms with van der Waals surface area (Å²) < 4.78 is 39.7. The second-order valence-corrected chi connectivity index (χ2v) is 8.90. The van der Waals surface area contributed by atoms with Gasteiger partial charge in [-0.25, -0.2) is 13.8 Å². The SMILES string of the molecule is CN1C(=O)OC(OS(C)(=O)=O)(C(=O)OC(C)(C)C)C1(C(=N)N)c1ccccc1. The molecule has 2 rings (SSSR count). The highest BCUT2D eigenvalue weighted by molar-refractivity contribution is 7.86. The molecule has 28 heavy (non-hydrogen) atoms. The van der Waals surface area contributed by atoms with Gasteiger partial charge in [0, 0.05) is 7.05 Å². The first-order chi connectivity index (χ1) is 12.7. The minimum Gasteiger partial charge on any atom is -0.455 e. The minimum atomic E-state index is -4.38. The molecule has 1 aliphatic heterocycles. The van der Waals surface area contributed by atoms with Crippen LogP contribution >= 0.6 is 0 Å². The van der Waals surface area contributed by atoms with Gasteiger partial charge in [0.25, 0.3) is 10.1 Å². The van der Waals surface area contributed by atoms with Crippen molar-refractivity contribution in [3.63, 3.8) is 0 Å². The first-order valence-corrected chi connectivity index (χ1v) is 10.00. The van der Waals surface area contributed by atoms with Gasteiger partial charge in [-0.2, -0.15) is 8.42 Å². The monoisotopic (exact) mass is 413 g/mol. The number of hydrogen-bond donors (Lipinski definition) is 2.